The average molecular weight is 338 g/mol. The van der Waals surface area contributed by atoms with E-state index in [-0.39, 0.29) is 15.9 Å². The molecule has 4 nitrogen and oxygen atoms in total. The Morgan fingerprint density at radius 2 is 2.00 bits per heavy atom. The van der Waals surface area contributed by atoms with Crippen molar-refractivity contribution in [1.29, 1.82) is 0 Å². The highest BCUT2D eigenvalue weighted by Crippen LogP contribution is 2.38. The van der Waals surface area contributed by atoms with Crippen molar-refractivity contribution in [2.45, 2.75) is 6.18 Å². The van der Waals surface area contributed by atoms with Gasteiger partial charge in [0.2, 0.25) is 5.88 Å². The number of hydrogen-bond acceptors (Lipinski definition) is 2. The van der Waals surface area contributed by atoms with Crippen molar-refractivity contribution in [3.8, 4) is 0 Å². The van der Waals surface area contributed by atoms with Crippen LogP contribution in [0, 0.1) is 0 Å². The van der Waals surface area contributed by atoms with Gasteiger partial charge in [0.1, 0.15) is 5.58 Å². The molecule has 19 heavy (non-hydrogen) atoms. The minimum absolute atomic E-state index is 0.0291. The van der Waals surface area contributed by atoms with Gasteiger partial charge in [0.15, 0.2) is 0 Å². The molecule has 1 aromatic carbocycles. The smallest absolute Gasteiger partial charge is 0.417 e. The molecule has 0 spiro atoms. The maximum absolute atomic E-state index is 12.7. The van der Waals surface area contributed by atoms with E-state index in [9.17, 15) is 18.0 Å². The number of furan rings is 1. The Balaban J connectivity index is 2.58. The van der Waals surface area contributed by atoms with Gasteiger partial charge in [-0.2, -0.15) is 13.2 Å². The molecule has 2 aromatic rings. The highest BCUT2D eigenvalue weighted by atomic mass is 79.9. The van der Waals surface area contributed by atoms with Gasteiger partial charge in [-0.3, -0.25) is 4.90 Å². The molecule has 0 saturated heterocycles. The number of hydrogen-bond donors (Lipinski definition) is 1. The van der Waals surface area contributed by atoms with Gasteiger partial charge in [0.25, 0.3) is 0 Å². The van der Waals surface area contributed by atoms with E-state index in [0.717, 1.165) is 11.0 Å². The summed E-state index contributed by atoms with van der Waals surface area (Å²) < 4.78 is 43.1. The van der Waals surface area contributed by atoms with Crippen LogP contribution in [0.5, 0.6) is 0 Å². The molecule has 0 saturated carbocycles. The summed E-state index contributed by atoms with van der Waals surface area (Å²) in [6.07, 6.45) is -5.78. The summed E-state index contributed by atoms with van der Waals surface area (Å²) in [7, 11) is 1.24. The molecule has 0 radical (unpaired) electrons. The van der Waals surface area contributed by atoms with Crippen molar-refractivity contribution < 1.29 is 27.5 Å². The molecule has 8 heteroatoms. The molecule has 1 aromatic heterocycles. The number of anilines is 1. The Morgan fingerprint density at radius 3 is 2.53 bits per heavy atom. The summed E-state index contributed by atoms with van der Waals surface area (Å²) in [5, 5.41) is 9.15. The lowest BCUT2D eigenvalue weighted by Crippen LogP contribution is -2.22. The average Bonchev–Trinajstić information content (AvgIpc) is 2.67. The van der Waals surface area contributed by atoms with Crippen LogP contribution in [0.25, 0.3) is 11.0 Å². The van der Waals surface area contributed by atoms with Crippen LogP contribution >= 0.6 is 15.9 Å². The van der Waals surface area contributed by atoms with E-state index < -0.39 is 17.8 Å². The fourth-order valence-corrected chi connectivity index (χ4v) is 2.11. The van der Waals surface area contributed by atoms with Crippen LogP contribution in [0.1, 0.15) is 5.56 Å². The van der Waals surface area contributed by atoms with Crippen molar-refractivity contribution in [3.63, 3.8) is 0 Å². The van der Waals surface area contributed by atoms with Gasteiger partial charge in [-0.05, 0) is 12.1 Å². The van der Waals surface area contributed by atoms with E-state index in [2.05, 4.69) is 15.9 Å². The Hall–Kier alpha value is -1.70. The number of fused-ring (bicyclic) bond motifs is 1. The first kappa shape index (κ1) is 13.7. The third kappa shape index (κ3) is 2.53. The van der Waals surface area contributed by atoms with Gasteiger partial charge >= 0.3 is 12.3 Å². The molecule has 0 aliphatic carbocycles. The molecule has 0 aliphatic rings. The van der Waals surface area contributed by atoms with Crippen molar-refractivity contribution in [2.24, 2.45) is 0 Å². The molecule has 2 rings (SSSR count). The Labute approximate surface area is 113 Å². The molecule has 0 aliphatic heterocycles. The SMILES string of the molecule is CN(C(=O)O)c1cc2cc(Br)c(C(F)(F)F)cc2o1. The molecule has 1 amide bonds. The Kier molecular flexibility index (Phi) is 3.21. The Morgan fingerprint density at radius 1 is 1.37 bits per heavy atom. The highest BCUT2D eigenvalue weighted by Gasteiger charge is 2.33. The molecule has 0 atom stereocenters. The minimum atomic E-state index is -4.52. The lowest BCUT2D eigenvalue weighted by Gasteiger charge is -2.08. The van der Waals surface area contributed by atoms with Gasteiger partial charge in [0.05, 0.1) is 5.56 Å². The first-order chi connectivity index (χ1) is 8.70. The number of rotatable bonds is 1. The largest absolute Gasteiger partial charge is 0.465 e. The fraction of sp³-hybridized carbons (Fsp3) is 0.182. The zero-order chi connectivity index (χ0) is 14.4. The van der Waals surface area contributed by atoms with Gasteiger partial charge in [-0.25, -0.2) is 4.79 Å². The van der Waals surface area contributed by atoms with E-state index in [1.807, 2.05) is 0 Å². The highest BCUT2D eigenvalue weighted by molar-refractivity contribution is 9.10. The van der Waals surface area contributed by atoms with E-state index in [4.69, 9.17) is 9.52 Å². The summed E-state index contributed by atoms with van der Waals surface area (Å²) in [5.41, 5.74) is -0.905. The maximum Gasteiger partial charge on any atom is 0.417 e. The zero-order valence-corrected chi connectivity index (χ0v) is 11.0. The van der Waals surface area contributed by atoms with Crippen LogP contribution in [-0.2, 0) is 6.18 Å². The van der Waals surface area contributed by atoms with Crippen molar-refractivity contribution in [2.75, 3.05) is 11.9 Å². The molecule has 102 valence electrons. The summed E-state index contributed by atoms with van der Waals surface area (Å²) in [4.78, 5) is 11.5. The number of nitrogens with zero attached hydrogens (tertiary/aromatic N) is 1. The maximum atomic E-state index is 12.7. The molecule has 0 fully saturated rings. The van der Waals surface area contributed by atoms with Crippen LogP contribution in [0.15, 0.2) is 27.1 Å². The fourth-order valence-electron chi connectivity index (χ4n) is 1.52. The number of benzene rings is 1. The third-order valence-electron chi connectivity index (χ3n) is 2.52. The van der Waals surface area contributed by atoms with Crippen LogP contribution < -0.4 is 4.90 Å². The standard InChI is InChI=1S/C11H7BrF3NO3/c1-16(10(17)18)9-3-5-2-7(12)6(11(13,14)15)4-8(5)19-9/h2-4H,1H3,(H,17,18). The monoisotopic (exact) mass is 337 g/mol. The summed E-state index contributed by atoms with van der Waals surface area (Å²) in [6.45, 7) is 0. The molecule has 1 N–H and O–H groups in total. The van der Waals surface area contributed by atoms with Gasteiger partial charge in [0, 0.05) is 23.0 Å². The summed E-state index contributed by atoms with van der Waals surface area (Å²) in [5.74, 6) is -0.0475. The number of alkyl halides is 3. The van der Waals surface area contributed by atoms with Crippen LogP contribution in [0.2, 0.25) is 0 Å². The first-order valence-corrected chi connectivity index (χ1v) is 5.76. The van der Waals surface area contributed by atoms with E-state index in [1.54, 1.807) is 0 Å². The number of halogens is 4. The molecule has 0 bridgehead atoms. The van der Waals surface area contributed by atoms with E-state index in [1.165, 1.54) is 19.2 Å². The quantitative estimate of drug-likeness (QED) is 0.842. The van der Waals surface area contributed by atoms with Crippen LogP contribution in [-0.4, -0.2) is 18.2 Å². The predicted molar refractivity (Wildman–Crippen MR) is 65.3 cm³/mol. The first-order valence-electron chi connectivity index (χ1n) is 4.97. The van der Waals surface area contributed by atoms with Gasteiger partial charge in [-0.15, -0.1) is 0 Å². The lowest BCUT2D eigenvalue weighted by molar-refractivity contribution is -0.138. The van der Waals surface area contributed by atoms with Crippen LogP contribution in [0.4, 0.5) is 23.8 Å². The van der Waals surface area contributed by atoms with Crippen molar-refractivity contribution in [3.05, 3.63) is 28.2 Å². The molecule has 0 unspecified atom stereocenters. The number of carbonyl (C=O) groups is 1. The third-order valence-corrected chi connectivity index (χ3v) is 3.17. The van der Waals surface area contributed by atoms with E-state index >= 15 is 0 Å². The summed E-state index contributed by atoms with van der Waals surface area (Å²) in [6, 6.07) is 3.42. The predicted octanol–water partition coefficient (Wildman–Crippen LogP) is 4.33. The second-order valence-electron chi connectivity index (χ2n) is 3.79. The number of carboxylic acid groups (broad SMARTS) is 1. The normalized spacial score (nSPS) is 11.8. The topological polar surface area (TPSA) is 53.7 Å². The van der Waals surface area contributed by atoms with Crippen molar-refractivity contribution >= 4 is 38.9 Å². The van der Waals surface area contributed by atoms with E-state index in [0.29, 0.717) is 5.39 Å². The zero-order valence-electron chi connectivity index (χ0n) is 9.45. The molecule has 1 heterocycles. The van der Waals surface area contributed by atoms with Gasteiger partial charge < -0.3 is 9.52 Å². The lowest BCUT2D eigenvalue weighted by atomic mass is 10.1. The minimum Gasteiger partial charge on any atom is -0.465 e. The second kappa shape index (κ2) is 4.44. The van der Waals surface area contributed by atoms with Crippen molar-refractivity contribution in [1.82, 2.24) is 0 Å². The van der Waals surface area contributed by atoms with Gasteiger partial charge in [-0.1, -0.05) is 15.9 Å². The molecular weight excluding hydrogens is 331 g/mol. The number of amides is 1. The second-order valence-corrected chi connectivity index (χ2v) is 4.65. The Bertz CT molecular complexity index is 650. The molecular formula is C11H7BrF3NO3. The summed E-state index contributed by atoms with van der Waals surface area (Å²) >= 11 is 2.84. The van der Waals surface area contributed by atoms with Crippen LogP contribution in [0.3, 0.4) is 0 Å².